The topological polar surface area (TPSA) is 40.8 Å². The quantitative estimate of drug-likeness (QED) is 0.772. The smallest absolute Gasteiger partial charge is 0.137 e. The molecule has 25 heavy (non-hydrogen) atoms. The fourth-order valence-electron chi connectivity index (χ4n) is 3.99. The minimum absolute atomic E-state index is 0.393. The van der Waals surface area contributed by atoms with Gasteiger partial charge in [-0.2, -0.15) is 0 Å². The van der Waals surface area contributed by atoms with Crippen LogP contribution in [0.4, 0.5) is 0 Å². The molecule has 2 aromatic heterocycles. The van der Waals surface area contributed by atoms with Crippen LogP contribution in [0.15, 0.2) is 54.7 Å². The van der Waals surface area contributed by atoms with Crippen molar-refractivity contribution >= 4 is 5.65 Å². The molecule has 4 heteroatoms. The van der Waals surface area contributed by atoms with Gasteiger partial charge in [0.05, 0.1) is 17.5 Å². The molecule has 3 heterocycles. The normalized spacial score (nSPS) is 19.5. The molecule has 1 aliphatic heterocycles. The summed E-state index contributed by atoms with van der Waals surface area (Å²) in [5.74, 6) is 0. The van der Waals surface area contributed by atoms with Gasteiger partial charge < -0.3 is 9.51 Å². The number of imidazole rings is 1. The van der Waals surface area contributed by atoms with Gasteiger partial charge in [0, 0.05) is 18.8 Å². The summed E-state index contributed by atoms with van der Waals surface area (Å²) in [7, 11) is 0. The molecular formula is C21H25N3O. The van der Waals surface area contributed by atoms with E-state index in [1.807, 2.05) is 36.4 Å². The Morgan fingerprint density at radius 1 is 1.16 bits per heavy atom. The number of hydrogen-bond donors (Lipinski definition) is 1. The summed E-state index contributed by atoms with van der Waals surface area (Å²) in [6, 6.07) is 16.6. The molecule has 0 radical (unpaired) electrons. The maximum absolute atomic E-state index is 10.6. The van der Waals surface area contributed by atoms with Gasteiger partial charge in [-0.3, -0.25) is 4.90 Å². The predicted molar refractivity (Wildman–Crippen MR) is 99.4 cm³/mol. The first-order valence-electron chi connectivity index (χ1n) is 9.12. The molecule has 0 bridgehead atoms. The third-order valence-electron chi connectivity index (χ3n) is 5.36. The zero-order chi connectivity index (χ0) is 17.2. The first-order chi connectivity index (χ1) is 12.2. The molecule has 2 atom stereocenters. The number of aryl methyl sites for hydroxylation is 1. The summed E-state index contributed by atoms with van der Waals surface area (Å²) >= 11 is 0. The highest BCUT2D eigenvalue weighted by Gasteiger charge is 2.28. The highest BCUT2D eigenvalue weighted by atomic mass is 16.3. The lowest BCUT2D eigenvalue weighted by atomic mass is 10.0. The standard InChI is InChI=1S/C21H25N3O/c1-16-19(24-13-6-5-11-21(24)22-16)15-23-12-7-10-18(23)14-20(25)17-8-3-2-4-9-17/h2-6,8-9,11,13,18,20,25H,7,10,12,14-15H2,1H3. The Hall–Kier alpha value is -2.17. The highest BCUT2D eigenvalue weighted by Crippen LogP contribution is 2.29. The molecule has 1 aromatic carbocycles. The zero-order valence-corrected chi connectivity index (χ0v) is 14.7. The molecule has 1 N–H and O–H groups in total. The first kappa shape index (κ1) is 16.3. The monoisotopic (exact) mass is 335 g/mol. The summed E-state index contributed by atoms with van der Waals surface area (Å²) in [6.07, 6.45) is 4.84. The largest absolute Gasteiger partial charge is 0.388 e. The van der Waals surface area contributed by atoms with Gasteiger partial charge in [0.25, 0.3) is 0 Å². The summed E-state index contributed by atoms with van der Waals surface area (Å²) in [5, 5.41) is 10.6. The predicted octanol–water partition coefficient (Wildman–Crippen LogP) is 3.73. The van der Waals surface area contributed by atoms with Crippen LogP contribution in [0.3, 0.4) is 0 Å². The minimum atomic E-state index is -0.393. The number of fused-ring (bicyclic) bond motifs is 1. The van der Waals surface area contributed by atoms with Crippen LogP contribution < -0.4 is 0 Å². The fraction of sp³-hybridized carbons (Fsp3) is 0.381. The lowest BCUT2D eigenvalue weighted by molar-refractivity contribution is 0.117. The van der Waals surface area contributed by atoms with Crippen LogP contribution in [0, 0.1) is 6.92 Å². The van der Waals surface area contributed by atoms with E-state index in [1.54, 1.807) is 0 Å². The summed E-state index contributed by atoms with van der Waals surface area (Å²) < 4.78 is 2.19. The van der Waals surface area contributed by atoms with Crippen molar-refractivity contribution in [3.05, 3.63) is 71.7 Å². The van der Waals surface area contributed by atoms with E-state index in [1.165, 1.54) is 12.1 Å². The van der Waals surface area contributed by atoms with E-state index in [0.29, 0.717) is 6.04 Å². The molecule has 3 aromatic rings. The minimum Gasteiger partial charge on any atom is -0.388 e. The number of aliphatic hydroxyl groups excluding tert-OH is 1. The van der Waals surface area contributed by atoms with Crippen molar-refractivity contribution in [1.82, 2.24) is 14.3 Å². The van der Waals surface area contributed by atoms with Crippen molar-refractivity contribution < 1.29 is 5.11 Å². The number of rotatable bonds is 5. The molecule has 2 unspecified atom stereocenters. The Labute approximate surface area is 148 Å². The molecule has 1 aliphatic rings. The van der Waals surface area contributed by atoms with E-state index >= 15 is 0 Å². The Balaban J connectivity index is 1.51. The second-order valence-electron chi connectivity index (χ2n) is 7.00. The number of pyridine rings is 1. The van der Waals surface area contributed by atoms with Crippen LogP contribution in [0.25, 0.3) is 5.65 Å². The summed E-state index contributed by atoms with van der Waals surface area (Å²) in [4.78, 5) is 7.19. The molecule has 1 saturated heterocycles. The van der Waals surface area contributed by atoms with Gasteiger partial charge in [0.1, 0.15) is 5.65 Å². The van der Waals surface area contributed by atoms with E-state index < -0.39 is 6.10 Å². The first-order valence-corrected chi connectivity index (χ1v) is 9.12. The van der Waals surface area contributed by atoms with Crippen LogP contribution in [0.5, 0.6) is 0 Å². The maximum atomic E-state index is 10.6. The number of likely N-dealkylation sites (tertiary alicyclic amines) is 1. The lowest BCUT2D eigenvalue weighted by Crippen LogP contribution is -2.31. The van der Waals surface area contributed by atoms with Gasteiger partial charge in [-0.05, 0) is 50.4 Å². The molecule has 0 aliphatic carbocycles. The van der Waals surface area contributed by atoms with E-state index in [9.17, 15) is 5.11 Å². The van der Waals surface area contributed by atoms with Crippen molar-refractivity contribution in [2.45, 2.75) is 44.9 Å². The average molecular weight is 335 g/mol. The van der Waals surface area contributed by atoms with Gasteiger partial charge >= 0.3 is 0 Å². The Kier molecular flexibility index (Phi) is 4.55. The van der Waals surface area contributed by atoms with Gasteiger partial charge in [-0.15, -0.1) is 0 Å². The molecule has 0 amide bonds. The van der Waals surface area contributed by atoms with Crippen LogP contribution in [-0.4, -0.2) is 32.0 Å². The van der Waals surface area contributed by atoms with Crippen molar-refractivity contribution in [3.8, 4) is 0 Å². The summed E-state index contributed by atoms with van der Waals surface area (Å²) in [6.45, 7) is 4.07. The SMILES string of the molecule is Cc1nc2ccccn2c1CN1CCCC1CC(O)c1ccccc1. The second-order valence-corrected chi connectivity index (χ2v) is 7.00. The highest BCUT2D eigenvalue weighted by molar-refractivity contribution is 5.42. The third-order valence-corrected chi connectivity index (χ3v) is 5.36. The molecule has 0 saturated carbocycles. The van der Waals surface area contributed by atoms with E-state index in [0.717, 1.165) is 42.8 Å². The second kappa shape index (κ2) is 6.98. The Bertz CT molecular complexity index is 843. The number of aromatic nitrogens is 2. The van der Waals surface area contributed by atoms with Crippen molar-refractivity contribution in [3.63, 3.8) is 0 Å². The molecule has 4 nitrogen and oxygen atoms in total. The molecule has 1 fully saturated rings. The van der Waals surface area contributed by atoms with Gasteiger partial charge in [0.15, 0.2) is 0 Å². The van der Waals surface area contributed by atoms with Gasteiger partial charge in [0.2, 0.25) is 0 Å². The van der Waals surface area contributed by atoms with E-state index in [-0.39, 0.29) is 0 Å². The van der Waals surface area contributed by atoms with E-state index in [4.69, 9.17) is 0 Å². The molecule has 4 rings (SSSR count). The molecular weight excluding hydrogens is 310 g/mol. The molecule has 0 spiro atoms. The average Bonchev–Trinajstić information content (AvgIpc) is 3.20. The number of nitrogens with zero attached hydrogens (tertiary/aromatic N) is 3. The Morgan fingerprint density at radius 3 is 2.80 bits per heavy atom. The summed E-state index contributed by atoms with van der Waals surface area (Å²) in [5.41, 5.74) is 4.38. The van der Waals surface area contributed by atoms with Gasteiger partial charge in [-0.1, -0.05) is 36.4 Å². The van der Waals surface area contributed by atoms with Crippen molar-refractivity contribution in [1.29, 1.82) is 0 Å². The Morgan fingerprint density at radius 2 is 1.96 bits per heavy atom. The number of aliphatic hydroxyl groups is 1. The van der Waals surface area contributed by atoms with Gasteiger partial charge in [-0.25, -0.2) is 4.98 Å². The third kappa shape index (κ3) is 3.32. The number of hydrogen-bond acceptors (Lipinski definition) is 3. The zero-order valence-electron chi connectivity index (χ0n) is 14.7. The maximum Gasteiger partial charge on any atom is 0.137 e. The molecule has 130 valence electrons. The van der Waals surface area contributed by atoms with E-state index in [2.05, 4.69) is 39.5 Å². The van der Waals surface area contributed by atoms with Crippen LogP contribution in [-0.2, 0) is 6.54 Å². The van der Waals surface area contributed by atoms with Crippen LogP contribution in [0.1, 0.15) is 42.3 Å². The van der Waals surface area contributed by atoms with Crippen LogP contribution >= 0.6 is 0 Å². The van der Waals surface area contributed by atoms with Crippen LogP contribution in [0.2, 0.25) is 0 Å². The lowest BCUT2D eigenvalue weighted by Gasteiger charge is -2.26. The van der Waals surface area contributed by atoms with Crippen molar-refractivity contribution in [2.75, 3.05) is 6.54 Å². The number of benzene rings is 1. The van der Waals surface area contributed by atoms with Crippen molar-refractivity contribution in [2.24, 2.45) is 0 Å². The fourth-order valence-corrected chi connectivity index (χ4v) is 3.99.